The second kappa shape index (κ2) is 6.84. The Balaban J connectivity index is 1.42. The van der Waals surface area contributed by atoms with Crippen molar-refractivity contribution in [1.29, 1.82) is 0 Å². The summed E-state index contributed by atoms with van der Waals surface area (Å²) in [5.74, 6) is 2.44. The lowest BCUT2D eigenvalue weighted by Crippen LogP contribution is -2.48. The Labute approximate surface area is 161 Å². The fraction of sp³-hybridized carbons (Fsp3) is 0.600. The number of sulfone groups is 1. The second-order valence-electron chi connectivity index (χ2n) is 8.17. The van der Waals surface area contributed by atoms with Crippen LogP contribution in [0.25, 0.3) is 0 Å². The van der Waals surface area contributed by atoms with Crippen LogP contribution in [0.1, 0.15) is 18.4 Å². The number of nitrogens with zero attached hydrogens (tertiary/aromatic N) is 2. The normalized spacial score (nSPS) is 28.9. The molecule has 1 aliphatic heterocycles. The van der Waals surface area contributed by atoms with E-state index in [1.165, 1.54) is 25.6 Å². The third-order valence-corrected chi connectivity index (χ3v) is 7.81. The molecule has 142 valence electrons. The van der Waals surface area contributed by atoms with Crippen molar-refractivity contribution in [3.05, 3.63) is 34.9 Å². The molecular formula is C20H27ClN2O2S. The predicted octanol–water partition coefficient (Wildman–Crippen LogP) is 3.39. The molecule has 2 fully saturated rings. The van der Waals surface area contributed by atoms with E-state index in [0.29, 0.717) is 15.5 Å². The summed E-state index contributed by atoms with van der Waals surface area (Å²) in [4.78, 5) is 5.18. The zero-order chi connectivity index (χ0) is 18.5. The van der Waals surface area contributed by atoms with Gasteiger partial charge in [-0.05, 0) is 55.2 Å². The highest BCUT2D eigenvalue weighted by atomic mass is 35.5. The molecule has 4 rings (SSSR count). The molecule has 0 radical (unpaired) electrons. The van der Waals surface area contributed by atoms with E-state index in [-0.39, 0.29) is 0 Å². The molecule has 1 aromatic rings. The van der Waals surface area contributed by atoms with Crippen LogP contribution >= 0.6 is 11.6 Å². The van der Waals surface area contributed by atoms with Crippen LogP contribution in [0.4, 0.5) is 5.69 Å². The summed E-state index contributed by atoms with van der Waals surface area (Å²) in [6.45, 7) is 6.79. The molecule has 0 unspecified atom stereocenters. The first-order valence-electron chi connectivity index (χ1n) is 9.47. The third kappa shape index (κ3) is 3.54. The van der Waals surface area contributed by atoms with E-state index in [2.05, 4.69) is 22.0 Å². The SMILES string of the molecule is Cc1cc(Cl)c(N2CCN(C[C@H]3C[C@@H]4C=C[C@H]3C4)CC2)cc1S(C)(=O)=O. The minimum Gasteiger partial charge on any atom is -0.368 e. The van der Waals surface area contributed by atoms with Crippen molar-refractivity contribution in [3.63, 3.8) is 0 Å². The van der Waals surface area contributed by atoms with Crippen LogP contribution in [0, 0.1) is 24.7 Å². The number of rotatable bonds is 4. The molecule has 2 bridgehead atoms. The Morgan fingerprint density at radius 3 is 2.42 bits per heavy atom. The van der Waals surface area contributed by atoms with E-state index in [1.807, 2.05) is 0 Å². The molecule has 0 spiro atoms. The van der Waals surface area contributed by atoms with Crippen LogP contribution in [0.3, 0.4) is 0 Å². The predicted molar refractivity (Wildman–Crippen MR) is 107 cm³/mol. The number of anilines is 1. The Kier molecular flexibility index (Phi) is 4.82. The van der Waals surface area contributed by atoms with Crippen LogP contribution in [-0.4, -0.2) is 52.3 Å². The number of fused-ring (bicyclic) bond motifs is 2. The Morgan fingerprint density at radius 1 is 1.12 bits per heavy atom. The number of piperazine rings is 1. The van der Waals surface area contributed by atoms with Crippen molar-refractivity contribution in [2.24, 2.45) is 17.8 Å². The Bertz CT molecular complexity index is 828. The van der Waals surface area contributed by atoms with Crippen molar-refractivity contribution in [3.8, 4) is 0 Å². The van der Waals surface area contributed by atoms with E-state index in [9.17, 15) is 8.42 Å². The number of aryl methyl sites for hydroxylation is 1. The lowest BCUT2D eigenvalue weighted by Gasteiger charge is -2.38. The fourth-order valence-corrected chi connectivity index (χ4v) is 6.20. The minimum atomic E-state index is -3.25. The van der Waals surface area contributed by atoms with Gasteiger partial charge in [-0.15, -0.1) is 0 Å². The number of benzene rings is 1. The van der Waals surface area contributed by atoms with Crippen molar-refractivity contribution in [2.75, 3.05) is 43.9 Å². The van der Waals surface area contributed by atoms with Gasteiger partial charge in [0.05, 0.1) is 15.6 Å². The quantitative estimate of drug-likeness (QED) is 0.734. The average molecular weight is 395 g/mol. The highest BCUT2D eigenvalue weighted by Crippen LogP contribution is 2.43. The molecule has 0 amide bonds. The average Bonchev–Trinajstić information content (AvgIpc) is 3.17. The molecule has 3 atom stereocenters. The second-order valence-corrected chi connectivity index (χ2v) is 10.6. The van der Waals surface area contributed by atoms with E-state index in [0.717, 1.165) is 49.6 Å². The molecule has 3 aliphatic rings. The van der Waals surface area contributed by atoms with Crippen molar-refractivity contribution in [1.82, 2.24) is 4.90 Å². The highest BCUT2D eigenvalue weighted by molar-refractivity contribution is 7.90. The maximum Gasteiger partial charge on any atom is 0.175 e. The fourth-order valence-electron chi connectivity index (χ4n) is 4.89. The van der Waals surface area contributed by atoms with Gasteiger partial charge in [0.2, 0.25) is 0 Å². The summed E-state index contributed by atoms with van der Waals surface area (Å²) in [5.41, 5.74) is 1.56. The zero-order valence-corrected chi connectivity index (χ0v) is 17.1. The Morgan fingerprint density at radius 2 is 1.85 bits per heavy atom. The first-order valence-corrected chi connectivity index (χ1v) is 11.7. The van der Waals surface area contributed by atoms with Gasteiger partial charge in [-0.1, -0.05) is 23.8 Å². The minimum absolute atomic E-state index is 0.382. The van der Waals surface area contributed by atoms with Crippen molar-refractivity contribution in [2.45, 2.75) is 24.7 Å². The molecule has 2 aliphatic carbocycles. The van der Waals surface area contributed by atoms with E-state index >= 15 is 0 Å². The van der Waals surface area contributed by atoms with Gasteiger partial charge in [0.1, 0.15) is 0 Å². The van der Waals surface area contributed by atoms with Gasteiger partial charge in [0, 0.05) is 39.0 Å². The molecule has 6 heteroatoms. The molecule has 1 heterocycles. The van der Waals surface area contributed by atoms with E-state index in [4.69, 9.17) is 11.6 Å². The van der Waals surface area contributed by atoms with Crippen LogP contribution in [-0.2, 0) is 9.84 Å². The molecule has 0 aromatic heterocycles. The van der Waals surface area contributed by atoms with Gasteiger partial charge in [-0.3, -0.25) is 4.90 Å². The van der Waals surface area contributed by atoms with E-state index in [1.54, 1.807) is 19.1 Å². The molecule has 1 saturated carbocycles. The van der Waals surface area contributed by atoms with Gasteiger partial charge in [-0.2, -0.15) is 0 Å². The molecule has 1 aromatic carbocycles. The summed E-state index contributed by atoms with van der Waals surface area (Å²) in [5, 5.41) is 0.640. The smallest absolute Gasteiger partial charge is 0.175 e. The summed E-state index contributed by atoms with van der Waals surface area (Å²) >= 11 is 6.44. The number of hydrogen-bond acceptors (Lipinski definition) is 4. The van der Waals surface area contributed by atoms with Crippen molar-refractivity contribution >= 4 is 27.1 Å². The first-order chi connectivity index (χ1) is 12.3. The van der Waals surface area contributed by atoms with Gasteiger partial charge in [0.25, 0.3) is 0 Å². The van der Waals surface area contributed by atoms with Crippen LogP contribution in [0.2, 0.25) is 5.02 Å². The Hall–Kier alpha value is -1.04. The number of halogens is 1. The molecule has 4 nitrogen and oxygen atoms in total. The van der Waals surface area contributed by atoms with Gasteiger partial charge in [-0.25, -0.2) is 8.42 Å². The maximum absolute atomic E-state index is 12.0. The molecule has 1 saturated heterocycles. The van der Waals surface area contributed by atoms with E-state index < -0.39 is 9.84 Å². The summed E-state index contributed by atoms with van der Waals surface area (Å²) in [6, 6.07) is 3.53. The van der Waals surface area contributed by atoms with Crippen LogP contribution in [0.15, 0.2) is 29.2 Å². The molecule has 26 heavy (non-hydrogen) atoms. The largest absolute Gasteiger partial charge is 0.368 e. The lowest BCUT2D eigenvalue weighted by molar-refractivity contribution is 0.204. The summed E-state index contributed by atoms with van der Waals surface area (Å²) in [6.07, 6.45) is 8.79. The summed E-state index contributed by atoms with van der Waals surface area (Å²) < 4.78 is 24.1. The van der Waals surface area contributed by atoms with Crippen LogP contribution in [0.5, 0.6) is 0 Å². The van der Waals surface area contributed by atoms with Gasteiger partial charge < -0.3 is 4.90 Å². The molecular weight excluding hydrogens is 368 g/mol. The molecule has 0 N–H and O–H groups in total. The third-order valence-electron chi connectivity index (χ3n) is 6.27. The zero-order valence-electron chi connectivity index (χ0n) is 15.5. The van der Waals surface area contributed by atoms with Crippen molar-refractivity contribution < 1.29 is 8.42 Å². The first kappa shape index (κ1) is 18.3. The summed E-state index contributed by atoms with van der Waals surface area (Å²) in [7, 11) is -3.25. The van der Waals surface area contributed by atoms with Crippen LogP contribution < -0.4 is 4.90 Å². The standard InChI is InChI=1S/C20H27ClN2O2S/c1-14-9-18(21)19(12-20(14)26(2,24)25)23-7-5-22(6-8-23)13-17-11-15-3-4-16(17)10-15/h3-4,9,12,15-17H,5-8,10-11,13H2,1-2H3/t15-,16+,17-/m1/s1. The van der Waals surface area contributed by atoms with Gasteiger partial charge >= 0.3 is 0 Å². The highest BCUT2D eigenvalue weighted by Gasteiger charge is 2.36. The number of hydrogen-bond donors (Lipinski definition) is 0. The van der Waals surface area contributed by atoms with Gasteiger partial charge in [0.15, 0.2) is 9.84 Å². The monoisotopic (exact) mass is 394 g/mol. The topological polar surface area (TPSA) is 40.6 Å². The maximum atomic E-state index is 12.0. The number of allylic oxidation sites excluding steroid dienone is 2. The lowest BCUT2D eigenvalue weighted by atomic mass is 9.93.